The molecule has 1 heterocycles. The van der Waals surface area contributed by atoms with E-state index in [4.69, 9.17) is 5.11 Å². The number of hydrogen-bond donors (Lipinski definition) is 2. The second kappa shape index (κ2) is 7.66. The summed E-state index contributed by atoms with van der Waals surface area (Å²) in [5, 5.41) is 11.7. The molecule has 0 aliphatic carbocycles. The summed E-state index contributed by atoms with van der Waals surface area (Å²) in [6, 6.07) is 0.380. The van der Waals surface area contributed by atoms with E-state index < -0.39 is 5.97 Å². The Morgan fingerprint density at radius 2 is 2.00 bits per heavy atom. The van der Waals surface area contributed by atoms with E-state index in [9.17, 15) is 9.59 Å². The van der Waals surface area contributed by atoms with Crippen molar-refractivity contribution in [2.45, 2.75) is 65.8 Å². The van der Waals surface area contributed by atoms with Crippen LogP contribution in [0.25, 0.3) is 0 Å². The van der Waals surface area contributed by atoms with Gasteiger partial charge in [-0.2, -0.15) is 0 Å². The Morgan fingerprint density at radius 1 is 1.33 bits per heavy atom. The second-order valence-corrected chi connectivity index (χ2v) is 7.19. The molecule has 0 aromatic heterocycles. The van der Waals surface area contributed by atoms with Gasteiger partial charge < -0.3 is 15.3 Å². The summed E-state index contributed by atoms with van der Waals surface area (Å²) in [4.78, 5) is 24.8. The smallest absolute Gasteiger partial charge is 0.317 e. The molecule has 1 rings (SSSR count). The molecular weight excluding hydrogens is 268 g/mol. The Kier molecular flexibility index (Phi) is 6.49. The highest BCUT2D eigenvalue weighted by molar-refractivity contribution is 5.74. The second-order valence-electron chi connectivity index (χ2n) is 7.19. The molecule has 0 aromatic rings. The van der Waals surface area contributed by atoms with E-state index in [1.54, 1.807) is 0 Å². The molecule has 0 radical (unpaired) electrons. The number of nitrogens with one attached hydrogen (secondary N) is 1. The molecule has 5 nitrogen and oxygen atoms in total. The van der Waals surface area contributed by atoms with E-state index in [1.165, 1.54) is 0 Å². The van der Waals surface area contributed by atoms with Gasteiger partial charge in [-0.25, -0.2) is 4.79 Å². The summed E-state index contributed by atoms with van der Waals surface area (Å²) >= 11 is 0. The van der Waals surface area contributed by atoms with Crippen molar-refractivity contribution in [3.63, 3.8) is 0 Å². The van der Waals surface area contributed by atoms with Gasteiger partial charge in [0.2, 0.25) is 0 Å². The molecule has 5 heteroatoms. The van der Waals surface area contributed by atoms with Crippen molar-refractivity contribution in [1.29, 1.82) is 0 Å². The average Bonchev–Trinajstić information content (AvgIpc) is 2.85. The summed E-state index contributed by atoms with van der Waals surface area (Å²) in [6.07, 6.45) is 3.79. The van der Waals surface area contributed by atoms with E-state index in [2.05, 4.69) is 33.0 Å². The molecular formula is C16H30N2O3. The first kappa shape index (κ1) is 17.8. The Balaban J connectivity index is 2.34. The number of carboxylic acids is 1. The van der Waals surface area contributed by atoms with E-state index in [-0.39, 0.29) is 17.9 Å². The number of amides is 2. The molecule has 122 valence electrons. The van der Waals surface area contributed by atoms with Crippen molar-refractivity contribution in [2.24, 2.45) is 11.3 Å². The first-order valence-corrected chi connectivity index (χ1v) is 7.99. The van der Waals surface area contributed by atoms with E-state index in [1.807, 2.05) is 4.90 Å². The topological polar surface area (TPSA) is 69.6 Å². The Morgan fingerprint density at radius 3 is 2.57 bits per heavy atom. The number of carbonyl (C=O) groups is 2. The zero-order valence-electron chi connectivity index (χ0n) is 13.8. The summed E-state index contributed by atoms with van der Waals surface area (Å²) in [5.74, 6) is -0.269. The highest BCUT2D eigenvalue weighted by Crippen LogP contribution is 2.26. The lowest BCUT2D eigenvalue weighted by Crippen LogP contribution is -2.45. The summed E-state index contributed by atoms with van der Waals surface area (Å²) in [7, 11) is 0. The summed E-state index contributed by atoms with van der Waals surface area (Å²) in [5.41, 5.74) is -0.0614. The third kappa shape index (κ3) is 5.94. The van der Waals surface area contributed by atoms with Crippen molar-refractivity contribution in [3.8, 4) is 0 Å². The van der Waals surface area contributed by atoms with Crippen LogP contribution in [0.2, 0.25) is 0 Å². The highest BCUT2D eigenvalue weighted by atomic mass is 16.4. The Labute approximate surface area is 128 Å². The molecule has 1 atom stereocenters. The average molecular weight is 298 g/mol. The van der Waals surface area contributed by atoms with Crippen molar-refractivity contribution >= 4 is 12.0 Å². The minimum Gasteiger partial charge on any atom is -0.481 e. The van der Waals surface area contributed by atoms with Gasteiger partial charge in [-0.05, 0) is 37.0 Å². The van der Waals surface area contributed by atoms with Crippen LogP contribution in [0.3, 0.4) is 0 Å². The fourth-order valence-corrected chi connectivity index (χ4v) is 2.92. The Bertz CT molecular complexity index is 367. The van der Waals surface area contributed by atoms with Gasteiger partial charge in [0.15, 0.2) is 0 Å². The highest BCUT2D eigenvalue weighted by Gasteiger charge is 2.30. The summed E-state index contributed by atoms with van der Waals surface area (Å²) < 4.78 is 0. The Hall–Kier alpha value is -1.26. The van der Waals surface area contributed by atoms with E-state index >= 15 is 0 Å². The first-order valence-electron chi connectivity index (χ1n) is 7.99. The minimum atomic E-state index is -0.760. The lowest BCUT2D eigenvalue weighted by atomic mass is 9.84. The van der Waals surface area contributed by atoms with Crippen LogP contribution >= 0.6 is 0 Å². The molecule has 0 saturated carbocycles. The number of rotatable bonds is 7. The van der Waals surface area contributed by atoms with Gasteiger partial charge in [-0.3, -0.25) is 4.79 Å². The molecule has 2 amide bonds. The van der Waals surface area contributed by atoms with Crippen molar-refractivity contribution in [3.05, 3.63) is 0 Å². The quantitative estimate of drug-likeness (QED) is 0.759. The maximum absolute atomic E-state index is 12.2. The minimum absolute atomic E-state index is 0.0280. The van der Waals surface area contributed by atoms with Crippen LogP contribution in [-0.2, 0) is 4.79 Å². The normalized spacial score (nSPS) is 19.1. The van der Waals surface area contributed by atoms with E-state index in [0.29, 0.717) is 24.9 Å². The maximum Gasteiger partial charge on any atom is 0.317 e. The van der Waals surface area contributed by atoms with Gasteiger partial charge >= 0.3 is 12.0 Å². The van der Waals surface area contributed by atoms with Crippen LogP contribution in [0.5, 0.6) is 0 Å². The predicted octanol–water partition coefficient (Wildman–Crippen LogP) is 3.10. The zero-order valence-corrected chi connectivity index (χ0v) is 13.8. The van der Waals surface area contributed by atoms with Gasteiger partial charge in [-0.1, -0.05) is 27.7 Å². The number of nitrogens with zero attached hydrogens (tertiary/aromatic N) is 1. The molecule has 1 saturated heterocycles. The third-order valence-corrected chi connectivity index (χ3v) is 4.42. The van der Waals surface area contributed by atoms with Crippen LogP contribution in [0.4, 0.5) is 4.79 Å². The third-order valence-electron chi connectivity index (χ3n) is 4.42. The molecule has 2 N–H and O–H groups in total. The molecule has 21 heavy (non-hydrogen) atoms. The van der Waals surface area contributed by atoms with Crippen LogP contribution in [0, 0.1) is 11.3 Å². The monoisotopic (exact) mass is 298 g/mol. The lowest BCUT2D eigenvalue weighted by Gasteiger charge is -2.29. The van der Waals surface area contributed by atoms with E-state index in [0.717, 1.165) is 25.8 Å². The fourth-order valence-electron chi connectivity index (χ4n) is 2.92. The van der Waals surface area contributed by atoms with Gasteiger partial charge in [0.05, 0.1) is 0 Å². The van der Waals surface area contributed by atoms with Crippen molar-refractivity contribution in [2.75, 3.05) is 13.1 Å². The van der Waals surface area contributed by atoms with Crippen LogP contribution in [-0.4, -0.2) is 41.1 Å². The predicted molar refractivity (Wildman–Crippen MR) is 83.2 cm³/mol. The number of hydrogen-bond acceptors (Lipinski definition) is 2. The van der Waals surface area contributed by atoms with Gasteiger partial charge in [-0.15, -0.1) is 0 Å². The zero-order chi connectivity index (χ0) is 16.0. The van der Waals surface area contributed by atoms with Crippen molar-refractivity contribution in [1.82, 2.24) is 10.2 Å². The van der Waals surface area contributed by atoms with Crippen LogP contribution in [0.1, 0.15) is 59.8 Å². The maximum atomic E-state index is 12.2. The molecule has 0 aromatic carbocycles. The number of urea groups is 1. The first-order chi connectivity index (χ1) is 9.73. The number of likely N-dealkylation sites (tertiary alicyclic amines) is 1. The molecule has 1 unspecified atom stereocenters. The fraction of sp³-hybridized carbons (Fsp3) is 0.875. The standard InChI is InChI=1S/C16H30N2O3/c1-12(2)13-6-5-11-18(13)15(21)17-10-9-16(3,4)8-7-14(19)20/h12-13H,5-11H2,1-4H3,(H,17,21)(H,19,20). The largest absolute Gasteiger partial charge is 0.481 e. The van der Waals surface area contributed by atoms with Gasteiger partial charge in [0.1, 0.15) is 0 Å². The molecule has 1 aliphatic heterocycles. The molecule has 1 fully saturated rings. The molecule has 0 bridgehead atoms. The van der Waals surface area contributed by atoms with Crippen LogP contribution in [0.15, 0.2) is 0 Å². The van der Waals surface area contributed by atoms with Crippen molar-refractivity contribution < 1.29 is 14.7 Å². The molecule has 0 spiro atoms. The summed E-state index contributed by atoms with van der Waals surface area (Å²) in [6.45, 7) is 9.87. The van der Waals surface area contributed by atoms with Crippen LogP contribution < -0.4 is 5.32 Å². The van der Waals surface area contributed by atoms with Gasteiger partial charge in [0, 0.05) is 25.6 Å². The van der Waals surface area contributed by atoms with Gasteiger partial charge in [0.25, 0.3) is 0 Å². The number of carbonyl (C=O) groups excluding carboxylic acids is 1. The lowest BCUT2D eigenvalue weighted by molar-refractivity contribution is -0.137. The molecule has 1 aliphatic rings. The number of aliphatic carboxylic acids is 1. The SMILES string of the molecule is CC(C)C1CCCN1C(=O)NCCC(C)(C)CCC(=O)O. The number of carboxylic acid groups (broad SMARTS) is 1.